The normalized spacial score (nSPS) is 15.6. The van der Waals surface area contributed by atoms with Gasteiger partial charge in [0.2, 0.25) is 0 Å². The number of hydrogen-bond donors (Lipinski definition) is 1. The van der Waals surface area contributed by atoms with Crippen LogP contribution in [0.3, 0.4) is 0 Å². The highest BCUT2D eigenvalue weighted by Crippen LogP contribution is 2.32. The first-order valence-electron chi connectivity index (χ1n) is 7.83. The lowest BCUT2D eigenvalue weighted by molar-refractivity contribution is -0.114. The number of hydrazone groups is 1. The van der Waals surface area contributed by atoms with Gasteiger partial charge in [-0.2, -0.15) is 10.1 Å². The van der Waals surface area contributed by atoms with Gasteiger partial charge in [0.15, 0.2) is 11.5 Å². The van der Waals surface area contributed by atoms with Gasteiger partial charge in [-0.1, -0.05) is 29.8 Å². The summed E-state index contributed by atoms with van der Waals surface area (Å²) in [5.41, 5.74) is 2.33. The second-order valence-electron chi connectivity index (χ2n) is 5.47. The summed E-state index contributed by atoms with van der Waals surface area (Å²) in [5.74, 6) is 0.182. The Morgan fingerprint density at radius 1 is 1.28 bits per heavy atom. The number of anilines is 1. The second kappa shape index (κ2) is 6.99. The third kappa shape index (κ3) is 3.37. The molecule has 1 amide bonds. The van der Waals surface area contributed by atoms with Gasteiger partial charge in [0, 0.05) is 0 Å². The van der Waals surface area contributed by atoms with E-state index in [2.05, 4.69) is 5.10 Å². The molecule has 0 saturated carbocycles. The smallest absolute Gasteiger partial charge is 0.280 e. The number of benzene rings is 2. The van der Waals surface area contributed by atoms with Crippen molar-refractivity contribution >= 4 is 35.0 Å². The Hall–Kier alpha value is -2.79. The summed E-state index contributed by atoms with van der Waals surface area (Å²) in [7, 11) is 0. The summed E-state index contributed by atoms with van der Waals surface area (Å²) in [6.45, 7) is 4.04. The molecule has 0 saturated heterocycles. The maximum Gasteiger partial charge on any atom is 0.280 e. The van der Waals surface area contributed by atoms with Crippen molar-refractivity contribution < 1.29 is 14.6 Å². The lowest BCUT2D eigenvalue weighted by atomic mass is 10.1. The van der Waals surface area contributed by atoms with Crippen LogP contribution in [0, 0.1) is 0 Å². The lowest BCUT2D eigenvalue weighted by Gasteiger charge is -2.13. The summed E-state index contributed by atoms with van der Waals surface area (Å²) in [6.07, 6.45) is 1.72. The number of amides is 1. The van der Waals surface area contributed by atoms with Crippen LogP contribution in [0.15, 0.2) is 53.1 Å². The molecule has 0 spiro atoms. The minimum Gasteiger partial charge on any atom is -0.504 e. The van der Waals surface area contributed by atoms with E-state index in [4.69, 9.17) is 16.3 Å². The van der Waals surface area contributed by atoms with Crippen molar-refractivity contribution in [1.82, 2.24) is 0 Å². The Balaban J connectivity index is 1.95. The van der Waals surface area contributed by atoms with Crippen molar-refractivity contribution in [1.29, 1.82) is 0 Å². The topological polar surface area (TPSA) is 62.1 Å². The second-order valence-corrected chi connectivity index (χ2v) is 5.88. The SMILES string of the molecule is CCOc1cc(/C=C2/C(=O)N(c3ccccc3Cl)N=C2C)ccc1O. The highest BCUT2D eigenvalue weighted by molar-refractivity contribution is 6.37. The zero-order chi connectivity index (χ0) is 18.0. The van der Waals surface area contributed by atoms with E-state index in [1.165, 1.54) is 11.1 Å². The van der Waals surface area contributed by atoms with Crippen molar-refractivity contribution in [3.05, 3.63) is 58.6 Å². The molecule has 25 heavy (non-hydrogen) atoms. The molecule has 0 bridgehead atoms. The molecular weight excluding hydrogens is 340 g/mol. The fourth-order valence-corrected chi connectivity index (χ4v) is 2.75. The van der Waals surface area contributed by atoms with Crippen LogP contribution in [0.1, 0.15) is 19.4 Å². The minimum absolute atomic E-state index is 0.0600. The molecular formula is C19H17ClN2O3. The Labute approximate surface area is 150 Å². The fraction of sp³-hybridized carbons (Fsp3) is 0.158. The fourth-order valence-electron chi connectivity index (χ4n) is 2.53. The van der Waals surface area contributed by atoms with Crippen molar-refractivity contribution in [3.63, 3.8) is 0 Å². The van der Waals surface area contributed by atoms with E-state index >= 15 is 0 Å². The quantitative estimate of drug-likeness (QED) is 0.833. The molecule has 5 nitrogen and oxygen atoms in total. The summed E-state index contributed by atoms with van der Waals surface area (Å²) < 4.78 is 5.38. The molecule has 0 fully saturated rings. The number of nitrogens with zero attached hydrogens (tertiary/aromatic N) is 2. The van der Waals surface area contributed by atoms with Crippen molar-refractivity contribution in [2.45, 2.75) is 13.8 Å². The number of halogens is 1. The Morgan fingerprint density at radius 3 is 2.76 bits per heavy atom. The van der Waals surface area contributed by atoms with Gasteiger partial charge in [-0.3, -0.25) is 4.79 Å². The van der Waals surface area contributed by atoms with E-state index < -0.39 is 0 Å². The molecule has 1 N–H and O–H groups in total. The maximum atomic E-state index is 12.8. The summed E-state index contributed by atoms with van der Waals surface area (Å²) in [4.78, 5) is 12.8. The van der Waals surface area contributed by atoms with Gasteiger partial charge in [0.25, 0.3) is 5.91 Å². The number of carbonyl (C=O) groups is 1. The maximum absolute atomic E-state index is 12.8. The van der Waals surface area contributed by atoms with Crippen LogP contribution in [-0.4, -0.2) is 23.3 Å². The molecule has 3 rings (SSSR count). The zero-order valence-corrected chi connectivity index (χ0v) is 14.6. The lowest BCUT2D eigenvalue weighted by Crippen LogP contribution is -2.21. The van der Waals surface area contributed by atoms with Crippen molar-refractivity contribution in [2.24, 2.45) is 5.10 Å². The molecule has 0 unspecified atom stereocenters. The third-order valence-electron chi connectivity index (χ3n) is 3.74. The average molecular weight is 357 g/mol. The predicted molar refractivity (Wildman–Crippen MR) is 99.3 cm³/mol. The Bertz CT molecular complexity index is 890. The summed E-state index contributed by atoms with van der Waals surface area (Å²) in [6, 6.07) is 12.0. The van der Waals surface area contributed by atoms with Crippen LogP contribution in [0.5, 0.6) is 11.5 Å². The first kappa shape index (κ1) is 17.0. The molecule has 6 heteroatoms. The van der Waals surface area contributed by atoms with E-state index in [1.54, 1.807) is 49.4 Å². The molecule has 1 aliphatic heterocycles. The van der Waals surface area contributed by atoms with E-state index in [0.717, 1.165) is 5.56 Å². The minimum atomic E-state index is -0.253. The van der Waals surface area contributed by atoms with Crippen molar-refractivity contribution in [2.75, 3.05) is 11.6 Å². The number of carbonyl (C=O) groups excluding carboxylic acids is 1. The van der Waals surface area contributed by atoms with Crippen LogP contribution in [0.2, 0.25) is 5.02 Å². The predicted octanol–water partition coefficient (Wildman–Crippen LogP) is 4.25. The molecule has 0 aromatic heterocycles. The summed E-state index contributed by atoms with van der Waals surface area (Å²) in [5, 5.41) is 15.9. The molecule has 2 aromatic rings. The molecule has 1 heterocycles. The molecule has 0 aliphatic carbocycles. The van der Waals surface area contributed by atoms with Crippen molar-refractivity contribution in [3.8, 4) is 11.5 Å². The van der Waals surface area contributed by atoms with Gasteiger partial charge in [-0.05, 0) is 49.8 Å². The van der Waals surface area contributed by atoms with Crippen LogP contribution >= 0.6 is 11.6 Å². The Morgan fingerprint density at radius 2 is 2.04 bits per heavy atom. The Kier molecular flexibility index (Phi) is 4.76. The molecule has 2 aromatic carbocycles. The number of hydrogen-bond acceptors (Lipinski definition) is 4. The molecule has 1 aliphatic rings. The van der Waals surface area contributed by atoms with E-state index in [-0.39, 0.29) is 11.7 Å². The number of rotatable bonds is 4. The van der Waals surface area contributed by atoms with Gasteiger partial charge in [0.1, 0.15) is 0 Å². The van der Waals surface area contributed by atoms with Crippen LogP contribution in [0.4, 0.5) is 5.69 Å². The monoisotopic (exact) mass is 356 g/mol. The van der Waals surface area contributed by atoms with Crippen LogP contribution in [0.25, 0.3) is 6.08 Å². The van der Waals surface area contributed by atoms with Crippen LogP contribution < -0.4 is 9.75 Å². The highest BCUT2D eigenvalue weighted by atomic mass is 35.5. The van der Waals surface area contributed by atoms with Gasteiger partial charge in [0.05, 0.1) is 28.6 Å². The standard InChI is InChI=1S/C19H17ClN2O3/c1-3-25-18-11-13(8-9-17(18)23)10-14-12(2)21-22(19(14)24)16-7-5-4-6-15(16)20/h4-11,23H,3H2,1-2H3/b14-10+. The van der Waals surface area contributed by atoms with E-state index in [9.17, 15) is 9.90 Å². The number of phenolic OH excluding ortho intramolecular Hbond substituents is 1. The number of aromatic hydroxyl groups is 1. The molecule has 0 radical (unpaired) electrons. The van der Waals surface area contributed by atoms with Gasteiger partial charge >= 0.3 is 0 Å². The first-order chi connectivity index (χ1) is 12.0. The third-order valence-corrected chi connectivity index (χ3v) is 4.06. The zero-order valence-electron chi connectivity index (χ0n) is 13.9. The van der Waals surface area contributed by atoms with E-state index in [0.29, 0.717) is 34.4 Å². The van der Waals surface area contributed by atoms with Gasteiger partial charge in [-0.25, -0.2) is 0 Å². The number of para-hydroxylation sites is 1. The summed E-state index contributed by atoms with van der Waals surface area (Å²) >= 11 is 6.17. The number of ether oxygens (including phenoxy) is 1. The average Bonchev–Trinajstić information content (AvgIpc) is 2.86. The first-order valence-corrected chi connectivity index (χ1v) is 8.21. The molecule has 0 atom stereocenters. The highest BCUT2D eigenvalue weighted by Gasteiger charge is 2.29. The number of phenols is 1. The van der Waals surface area contributed by atoms with Crippen LogP contribution in [-0.2, 0) is 4.79 Å². The largest absolute Gasteiger partial charge is 0.504 e. The molecule has 128 valence electrons. The van der Waals surface area contributed by atoms with Gasteiger partial charge < -0.3 is 9.84 Å². The van der Waals surface area contributed by atoms with Gasteiger partial charge in [-0.15, -0.1) is 0 Å². The van der Waals surface area contributed by atoms with E-state index in [1.807, 2.05) is 6.92 Å².